The molecule has 0 fully saturated rings. The summed E-state index contributed by atoms with van der Waals surface area (Å²) in [7, 11) is 0. The van der Waals surface area contributed by atoms with Gasteiger partial charge in [0.05, 0.1) is 11.3 Å². The fraction of sp³-hybridized carbons (Fsp3) is 0.241. The van der Waals surface area contributed by atoms with Gasteiger partial charge in [0.15, 0.2) is 0 Å². The molecule has 0 aliphatic carbocycles. The molecule has 0 spiro atoms. The summed E-state index contributed by atoms with van der Waals surface area (Å²) in [6.45, 7) is 8.23. The van der Waals surface area contributed by atoms with Crippen LogP contribution in [0.5, 0.6) is 0 Å². The normalized spacial score (nSPS) is 13.8. The zero-order valence-corrected chi connectivity index (χ0v) is 19.7. The van der Waals surface area contributed by atoms with Crippen molar-refractivity contribution in [2.24, 2.45) is 0 Å². The maximum absolute atomic E-state index is 13.6. The van der Waals surface area contributed by atoms with Gasteiger partial charge >= 0.3 is 0 Å². The Bertz CT molecular complexity index is 1220. The van der Waals surface area contributed by atoms with Gasteiger partial charge in [0.25, 0.3) is 11.8 Å². The highest BCUT2D eigenvalue weighted by atomic mass is 16.2. The van der Waals surface area contributed by atoms with Gasteiger partial charge in [0.1, 0.15) is 5.70 Å². The van der Waals surface area contributed by atoms with Crippen molar-refractivity contribution >= 4 is 28.8 Å². The molecular weight excluding hydrogens is 408 g/mol. The third kappa shape index (κ3) is 4.61. The minimum absolute atomic E-state index is 0.306. The number of hydrogen-bond donors (Lipinski definition) is 1. The monoisotopic (exact) mass is 438 g/mol. The first-order valence-corrected chi connectivity index (χ1v) is 11.5. The molecule has 0 bridgehead atoms. The maximum atomic E-state index is 13.6. The second-order valence-electron chi connectivity index (χ2n) is 8.76. The molecule has 0 radical (unpaired) electrons. The largest absolute Gasteiger partial charge is 0.350 e. The van der Waals surface area contributed by atoms with Gasteiger partial charge in [-0.25, -0.2) is 4.90 Å². The van der Waals surface area contributed by atoms with Crippen molar-refractivity contribution < 1.29 is 9.59 Å². The molecule has 2 amide bonds. The summed E-state index contributed by atoms with van der Waals surface area (Å²) >= 11 is 0. The Morgan fingerprint density at radius 2 is 1.48 bits per heavy atom. The topological polar surface area (TPSA) is 49.4 Å². The SMILES string of the molecule is CCCCc1ccc(N2C(=O)C(Nc3ccc(C)cc3)=C(c3ccc(C)c(C)c3)C2=O)cc1. The second kappa shape index (κ2) is 9.45. The summed E-state index contributed by atoms with van der Waals surface area (Å²) in [6, 6.07) is 21.4. The molecule has 1 aliphatic rings. The number of rotatable bonds is 7. The van der Waals surface area contributed by atoms with Crippen LogP contribution < -0.4 is 10.2 Å². The molecule has 0 saturated heterocycles. The van der Waals surface area contributed by atoms with Crippen LogP contribution in [0.3, 0.4) is 0 Å². The highest BCUT2D eigenvalue weighted by Crippen LogP contribution is 2.34. The van der Waals surface area contributed by atoms with Gasteiger partial charge in [-0.1, -0.05) is 61.4 Å². The van der Waals surface area contributed by atoms with Crippen molar-refractivity contribution in [2.75, 3.05) is 10.2 Å². The van der Waals surface area contributed by atoms with Gasteiger partial charge < -0.3 is 5.32 Å². The predicted molar refractivity (Wildman–Crippen MR) is 135 cm³/mol. The van der Waals surface area contributed by atoms with E-state index in [9.17, 15) is 9.59 Å². The van der Waals surface area contributed by atoms with E-state index in [1.165, 1.54) is 10.5 Å². The number of carbonyl (C=O) groups is 2. The Kier molecular flexibility index (Phi) is 6.45. The van der Waals surface area contributed by atoms with Crippen molar-refractivity contribution in [1.82, 2.24) is 0 Å². The molecular formula is C29H30N2O2. The third-order valence-corrected chi connectivity index (χ3v) is 6.21. The molecule has 0 saturated carbocycles. The van der Waals surface area contributed by atoms with E-state index < -0.39 is 0 Å². The van der Waals surface area contributed by atoms with Crippen LogP contribution in [0.25, 0.3) is 5.57 Å². The molecule has 168 valence electrons. The lowest BCUT2D eigenvalue weighted by atomic mass is 9.99. The van der Waals surface area contributed by atoms with E-state index in [1.807, 2.05) is 87.5 Å². The van der Waals surface area contributed by atoms with Crippen molar-refractivity contribution in [1.29, 1.82) is 0 Å². The van der Waals surface area contributed by atoms with Crippen LogP contribution in [-0.2, 0) is 16.0 Å². The minimum atomic E-state index is -0.338. The molecule has 1 N–H and O–H groups in total. The smallest absolute Gasteiger partial charge is 0.282 e. The summed E-state index contributed by atoms with van der Waals surface area (Å²) in [5.41, 5.74) is 7.37. The molecule has 4 rings (SSSR count). The number of anilines is 2. The summed E-state index contributed by atoms with van der Waals surface area (Å²) in [6.07, 6.45) is 3.23. The number of nitrogens with zero attached hydrogens (tertiary/aromatic N) is 1. The van der Waals surface area contributed by atoms with Crippen LogP contribution in [0.4, 0.5) is 11.4 Å². The van der Waals surface area contributed by atoms with Gasteiger partial charge in [-0.15, -0.1) is 0 Å². The third-order valence-electron chi connectivity index (χ3n) is 6.21. The molecule has 4 nitrogen and oxygen atoms in total. The fourth-order valence-corrected chi connectivity index (χ4v) is 4.02. The zero-order chi connectivity index (χ0) is 23.5. The summed E-state index contributed by atoms with van der Waals surface area (Å²) in [5.74, 6) is -0.644. The van der Waals surface area contributed by atoms with Crippen LogP contribution in [0, 0.1) is 20.8 Å². The fourth-order valence-electron chi connectivity index (χ4n) is 4.02. The summed E-state index contributed by atoms with van der Waals surface area (Å²) in [5, 5.41) is 3.24. The number of benzene rings is 3. The zero-order valence-electron chi connectivity index (χ0n) is 19.7. The highest BCUT2D eigenvalue weighted by Gasteiger charge is 2.40. The minimum Gasteiger partial charge on any atom is -0.350 e. The maximum Gasteiger partial charge on any atom is 0.282 e. The van der Waals surface area contributed by atoms with Gasteiger partial charge in [-0.2, -0.15) is 0 Å². The van der Waals surface area contributed by atoms with Crippen molar-refractivity contribution in [3.8, 4) is 0 Å². The highest BCUT2D eigenvalue weighted by molar-refractivity contribution is 6.46. The Hall–Kier alpha value is -3.66. The van der Waals surface area contributed by atoms with Crippen LogP contribution >= 0.6 is 0 Å². The van der Waals surface area contributed by atoms with Gasteiger partial charge in [-0.3, -0.25) is 9.59 Å². The molecule has 33 heavy (non-hydrogen) atoms. The van der Waals surface area contributed by atoms with Gasteiger partial charge in [-0.05, 0) is 80.1 Å². The number of nitrogens with one attached hydrogen (secondary N) is 1. The summed E-state index contributed by atoms with van der Waals surface area (Å²) in [4.78, 5) is 28.5. The lowest BCUT2D eigenvalue weighted by Crippen LogP contribution is -2.32. The van der Waals surface area contributed by atoms with Crippen molar-refractivity contribution in [3.05, 3.63) is 100 Å². The number of amides is 2. The number of carbonyl (C=O) groups excluding carboxylic acids is 2. The molecule has 1 aliphatic heterocycles. The van der Waals surface area contributed by atoms with Crippen LogP contribution in [0.2, 0.25) is 0 Å². The first kappa shape index (κ1) is 22.5. The first-order valence-electron chi connectivity index (χ1n) is 11.5. The molecule has 0 unspecified atom stereocenters. The van der Waals surface area contributed by atoms with E-state index in [0.717, 1.165) is 47.2 Å². The van der Waals surface area contributed by atoms with E-state index in [-0.39, 0.29) is 11.8 Å². The van der Waals surface area contributed by atoms with E-state index >= 15 is 0 Å². The van der Waals surface area contributed by atoms with E-state index in [0.29, 0.717) is 17.0 Å². The van der Waals surface area contributed by atoms with Crippen molar-refractivity contribution in [2.45, 2.75) is 47.0 Å². The average molecular weight is 439 g/mol. The van der Waals surface area contributed by atoms with E-state index in [2.05, 4.69) is 12.2 Å². The molecule has 3 aromatic rings. The van der Waals surface area contributed by atoms with Gasteiger partial charge in [0, 0.05) is 5.69 Å². The molecule has 3 aromatic carbocycles. The lowest BCUT2D eigenvalue weighted by molar-refractivity contribution is -0.120. The van der Waals surface area contributed by atoms with Crippen molar-refractivity contribution in [3.63, 3.8) is 0 Å². The number of aryl methyl sites for hydroxylation is 4. The van der Waals surface area contributed by atoms with Gasteiger partial charge in [0.2, 0.25) is 0 Å². The first-order chi connectivity index (χ1) is 15.9. The number of hydrogen-bond acceptors (Lipinski definition) is 3. The quantitative estimate of drug-likeness (QED) is 0.437. The van der Waals surface area contributed by atoms with Crippen LogP contribution in [0.15, 0.2) is 72.4 Å². The Labute approximate surface area is 195 Å². The molecule has 1 heterocycles. The molecule has 0 aromatic heterocycles. The number of unbranched alkanes of at least 4 members (excludes halogenated alkanes) is 1. The van der Waals surface area contributed by atoms with E-state index in [4.69, 9.17) is 0 Å². The average Bonchev–Trinajstić information content (AvgIpc) is 3.05. The van der Waals surface area contributed by atoms with Crippen LogP contribution in [0.1, 0.15) is 47.6 Å². The standard InChI is InChI=1S/C29H30N2O2/c1-5-6-7-22-11-16-25(17-12-22)31-28(32)26(23-13-10-20(3)21(4)18-23)27(29(31)33)30-24-14-8-19(2)9-15-24/h8-18,30H,5-7H2,1-4H3. The van der Waals surface area contributed by atoms with Crippen LogP contribution in [-0.4, -0.2) is 11.8 Å². The summed E-state index contributed by atoms with van der Waals surface area (Å²) < 4.78 is 0. The second-order valence-corrected chi connectivity index (χ2v) is 8.76. The molecule has 4 heteroatoms. The lowest BCUT2D eigenvalue weighted by Gasteiger charge is -2.16. The Balaban J connectivity index is 1.75. The van der Waals surface area contributed by atoms with E-state index in [1.54, 1.807) is 0 Å². The Morgan fingerprint density at radius 3 is 2.12 bits per heavy atom. The number of imide groups is 1. The molecule has 0 atom stereocenters. The Morgan fingerprint density at radius 1 is 0.788 bits per heavy atom. The predicted octanol–water partition coefficient (Wildman–Crippen LogP) is 6.35.